The number of aryl methyl sites for hydroxylation is 1. The molecule has 0 spiro atoms. The average Bonchev–Trinajstić information content (AvgIpc) is 2.32. The van der Waals surface area contributed by atoms with E-state index < -0.39 is 10.0 Å². The molecule has 0 aliphatic carbocycles. The van der Waals surface area contributed by atoms with Crippen molar-refractivity contribution in [1.29, 1.82) is 0 Å². The van der Waals surface area contributed by atoms with Crippen LogP contribution in [0, 0.1) is 6.92 Å². The van der Waals surface area contributed by atoms with Crippen molar-refractivity contribution in [2.24, 2.45) is 0 Å². The van der Waals surface area contributed by atoms with E-state index in [2.05, 4.69) is 9.71 Å². The number of hydrogen-bond acceptors (Lipinski definition) is 5. The molecule has 0 aliphatic heterocycles. The third-order valence-electron chi connectivity index (χ3n) is 2.47. The Balaban J connectivity index is 2.92. The van der Waals surface area contributed by atoms with Gasteiger partial charge >= 0.3 is 0 Å². The summed E-state index contributed by atoms with van der Waals surface area (Å²) in [5.41, 5.74) is 0.605. The van der Waals surface area contributed by atoms with E-state index in [-0.39, 0.29) is 22.7 Å². The van der Waals surface area contributed by atoms with Gasteiger partial charge in [0.25, 0.3) is 0 Å². The molecule has 0 aliphatic rings. The number of aliphatic hydroxyl groups is 1. The highest BCUT2D eigenvalue weighted by molar-refractivity contribution is 7.98. The summed E-state index contributed by atoms with van der Waals surface area (Å²) in [7, 11) is -3.64. The van der Waals surface area contributed by atoms with E-state index in [9.17, 15) is 8.42 Å². The fraction of sp³-hybridized carbons (Fsp3) is 0.545. The lowest BCUT2D eigenvalue weighted by Gasteiger charge is -2.16. The molecule has 5 nitrogen and oxygen atoms in total. The van der Waals surface area contributed by atoms with Gasteiger partial charge in [-0.2, -0.15) is 11.8 Å². The van der Waals surface area contributed by atoms with Crippen molar-refractivity contribution in [3.8, 4) is 0 Å². The van der Waals surface area contributed by atoms with Crippen molar-refractivity contribution in [1.82, 2.24) is 9.71 Å². The largest absolute Gasteiger partial charge is 0.396 e. The molecular formula is C11H17ClN2O3S2. The van der Waals surface area contributed by atoms with Crippen LogP contribution in [0.2, 0.25) is 5.15 Å². The molecule has 0 saturated carbocycles. The molecule has 1 atom stereocenters. The molecule has 0 bridgehead atoms. The molecule has 0 amide bonds. The zero-order valence-corrected chi connectivity index (χ0v) is 13.1. The summed E-state index contributed by atoms with van der Waals surface area (Å²) >= 11 is 7.29. The maximum Gasteiger partial charge on any atom is 0.242 e. The molecule has 1 aromatic rings. The van der Waals surface area contributed by atoms with Gasteiger partial charge in [0.1, 0.15) is 10.0 Å². The number of hydrogen-bond donors (Lipinski definition) is 2. The molecule has 19 heavy (non-hydrogen) atoms. The first-order chi connectivity index (χ1) is 8.90. The van der Waals surface area contributed by atoms with Crippen molar-refractivity contribution in [3.63, 3.8) is 0 Å². The van der Waals surface area contributed by atoms with Crippen molar-refractivity contribution in [2.75, 3.05) is 18.6 Å². The molecule has 1 rings (SSSR count). The molecule has 8 heteroatoms. The van der Waals surface area contributed by atoms with Gasteiger partial charge in [-0.3, -0.25) is 0 Å². The predicted molar refractivity (Wildman–Crippen MR) is 78.2 cm³/mol. The number of thioether (sulfide) groups is 1. The summed E-state index contributed by atoms with van der Waals surface area (Å²) in [6.45, 7) is 1.63. The lowest BCUT2D eigenvalue weighted by molar-refractivity contribution is 0.276. The zero-order chi connectivity index (χ0) is 14.5. The van der Waals surface area contributed by atoms with E-state index in [0.717, 1.165) is 0 Å². The standard InChI is InChI=1S/C11H17ClN2O3S2/c1-8-5-10(6-13-11(8)12)19(16,17)14-9(3-4-15)7-18-2/h5-6,9,14-15H,3-4,7H2,1-2H3/t9-/m1/s1. The van der Waals surface area contributed by atoms with Crippen LogP contribution in [-0.2, 0) is 10.0 Å². The molecule has 0 saturated heterocycles. The SMILES string of the molecule is CSC[C@@H](CCO)NS(=O)(=O)c1cnc(Cl)c(C)c1. The van der Waals surface area contributed by atoms with Gasteiger partial charge in [0, 0.05) is 24.6 Å². The molecule has 0 radical (unpaired) electrons. The minimum absolute atomic E-state index is 0.0638. The molecule has 108 valence electrons. The van der Waals surface area contributed by atoms with Crippen molar-refractivity contribution in [3.05, 3.63) is 23.0 Å². The second-order valence-electron chi connectivity index (χ2n) is 4.06. The summed E-state index contributed by atoms with van der Waals surface area (Å²) < 4.78 is 26.9. The van der Waals surface area contributed by atoms with Crippen LogP contribution in [0.3, 0.4) is 0 Å². The summed E-state index contributed by atoms with van der Waals surface area (Å²) in [5.74, 6) is 0.597. The van der Waals surface area contributed by atoms with Gasteiger partial charge in [0.2, 0.25) is 10.0 Å². The maximum absolute atomic E-state index is 12.2. The number of rotatable bonds is 7. The van der Waals surface area contributed by atoms with Crippen LogP contribution in [0.25, 0.3) is 0 Å². The smallest absolute Gasteiger partial charge is 0.242 e. The van der Waals surface area contributed by atoms with Gasteiger partial charge in [0.05, 0.1) is 0 Å². The first-order valence-corrected chi connectivity index (χ1v) is 8.90. The van der Waals surface area contributed by atoms with Gasteiger partial charge in [-0.1, -0.05) is 11.6 Å². The van der Waals surface area contributed by atoms with E-state index in [0.29, 0.717) is 17.7 Å². The Kier molecular flexibility index (Phi) is 6.55. The lowest BCUT2D eigenvalue weighted by Crippen LogP contribution is -2.37. The Morgan fingerprint density at radius 1 is 1.58 bits per heavy atom. The highest BCUT2D eigenvalue weighted by atomic mass is 35.5. The van der Waals surface area contributed by atoms with E-state index in [4.69, 9.17) is 16.7 Å². The second-order valence-corrected chi connectivity index (χ2v) is 7.05. The Morgan fingerprint density at radius 3 is 2.79 bits per heavy atom. The Morgan fingerprint density at radius 2 is 2.26 bits per heavy atom. The summed E-state index contributed by atoms with van der Waals surface area (Å²) in [5, 5.41) is 9.22. The van der Waals surface area contributed by atoms with E-state index in [1.165, 1.54) is 24.0 Å². The first-order valence-electron chi connectivity index (χ1n) is 5.65. The average molecular weight is 325 g/mol. The molecule has 2 N–H and O–H groups in total. The molecular weight excluding hydrogens is 308 g/mol. The summed E-state index contributed by atoms with van der Waals surface area (Å²) in [4.78, 5) is 3.92. The number of pyridine rings is 1. The predicted octanol–water partition coefficient (Wildman–Crippen LogP) is 1.44. The van der Waals surface area contributed by atoms with Crippen LogP contribution in [0.15, 0.2) is 17.2 Å². The molecule has 0 fully saturated rings. The van der Waals surface area contributed by atoms with Crippen LogP contribution in [-0.4, -0.2) is 43.2 Å². The van der Waals surface area contributed by atoms with E-state index in [1.807, 2.05) is 6.26 Å². The fourth-order valence-corrected chi connectivity index (χ4v) is 3.66. The Labute approximate surface area is 122 Å². The third kappa shape index (κ3) is 4.92. The van der Waals surface area contributed by atoms with Crippen molar-refractivity contribution < 1.29 is 13.5 Å². The van der Waals surface area contributed by atoms with Gasteiger partial charge in [-0.05, 0) is 31.2 Å². The number of halogens is 1. The van der Waals surface area contributed by atoms with Gasteiger partial charge in [0.15, 0.2) is 0 Å². The third-order valence-corrected chi connectivity index (χ3v) is 5.09. The van der Waals surface area contributed by atoms with Crippen LogP contribution in [0.4, 0.5) is 0 Å². The van der Waals surface area contributed by atoms with Gasteiger partial charge in [-0.15, -0.1) is 0 Å². The number of sulfonamides is 1. The van der Waals surface area contributed by atoms with Crippen LogP contribution in [0.1, 0.15) is 12.0 Å². The summed E-state index contributed by atoms with van der Waals surface area (Å²) in [6, 6.07) is 1.17. The topological polar surface area (TPSA) is 79.3 Å². The minimum atomic E-state index is -3.64. The number of nitrogens with one attached hydrogen (secondary N) is 1. The summed E-state index contributed by atoms with van der Waals surface area (Å²) in [6.07, 6.45) is 3.49. The molecule has 0 unspecified atom stereocenters. The maximum atomic E-state index is 12.2. The number of aliphatic hydroxyl groups excluding tert-OH is 1. The number of nitrogens with zero attached hydrogens (tertiary/aromatic N) is 1. The van der Waals surface area contributed by atoms with Crippen LogP contribution in [0.5, 0.6) is 0 Å². The van der Waals surface area contributed by atoms with Gasteiger partial charge < -0.3 is 5.11 Å². The first kappa shape index (κ1) is 16.7. The second kappa shape index (κ2) is 7.44. The van der Waals surface area contributed by atoms with E-state index >= 15 is 0 Å². The fourth-order valence-electron chi connectivity index (χ4n) is 1.50. The molecule has 0 aromatic carbocycles. The minimum Gasteiger partial charge on any atom is -0.396 e. The van der Waals surface area contributed by atoms with Crippen LogP contribution >= 0.6 is 23.4 Å². The Hall–Kier alpha value is -0.340. The lowest BCUT2D eigenvalue weighted by atomic mass is 10.3. The normalized spacial score (nSPS) is 13.5. The van der Waals surface area contributed by atoms with Gasteiger partial charge in [-0.25, -0.2) is 18.1 Å². The Bertz CT molecular complexity index is 517. The quantitative estimate of drug-likeness (QED) is 0.742. The highest BCUT2D eigenvalue weighted by Crippen LogP contribution is 2.17. The van der Waals surface area contributed by atoms with Crippen LogP contribution < -0.4 is 4.72 Å². The monoisotopic (exact) mass is 324 g/mol. The molecule has 1 heterocycles. The highest BCUT2D eigenvalue weighted by Gasteiger charge is 2.20. The van der Waals surface area contributed by atoms with Crippen molar-refractivity contribution in [2.45, 2.75) is 24.3 Å². The number of aromatic nitrogens is 1. The zero-order valence-electron chi connectivity index (χ0n) is 10.8. The molecule has 1 aromatic heterocycles. The van der Waals surface area contributed by atoms with E-state index in [1.54, 1.807) is 6.92 Å². The van der Waals surface area contributed by atoms with Crippen molar-refractivity contribution >= 4 is 33.4 Å².